The van der Waals surface area contributed by atoms with Crippen molar-refractivity contribution in [2.75, 3.05) is 0 Å². The largest absolute Gasteiger partial charge is 0.443 e. The van der Waals surface area contributed by atoms with Gasteiger partial charge < -0.3 is 4.74 Å². The predicted molar refractivity (Wildman–Crippen MR) is 79.7 cm³/mol. The SMILES string of the molecule is CCC(NNC(=O)OC(C)(C)C)c1cccc(Br)c1. The number of hydrazine groups is 1. The highest BCUT2D eigenvalue weighted by Gasteiger charge is 2.17. The van der Waals surface area contributed by atoms with Crippen molar-refractivity contribution in [1.82, 2.24) is 10.9 Å². The molecule has 4 nitrogen and oxygen atoms in total. The van der Waals surface area contributed by atoms with Crippen LogP contribution in [0.15, 0.2) is 28.7 Å². The zero-order valence-electron chi connectivity index (χ0n) is 11.8. The minimum Gasteiger partial charge on any atom is -0.443 e. The molecule has 1 atom stereocenters. The van der Waals surface area contributed by atoms with Gasteiger partial charge in [-0.3, -0.25) is 5.43 Å². The molecule has 1 aromatic rings. The average Bonchev–Trinajstić information content (AvgIpc) is 2.27. The van der Waals surface area contributed by atoms with E-state index >= 15 is 0 Å². The van der Waals surface area contributed by atoms with Crippen molar-refractivity contribution >= 4 is 22.0 Å². The van der Waals surface area contributed by atoms with Crippen LogP contribution in [0.25, 0.3) is 0 Å². The molecule has 0 fully saturated rings. The molecular formula is C14H21BrN2O2. The van der Waals surface area contributed by atoms with Gasteiger partial charge in [0.25, 0.3) is 0 Å². The van der Waals surface area contributed by atoms with Crippen molar-refractivity contribution in [1.29, 1.82) is 0 Å². The van der Waals surface area contributed by atoms with Gasteiger partial charge in [-0.1, -0.05) is 35.0 Å². The zero-order valence-corrected chi connectivity index (χ0v) is 13.4. The Morgan fingerprint density at radius 2 is 2.11 bits per heavy atom. The molecule has 19 heavy (non-hydrogen) atoms. The minimum absolute atomic E-state index is 0.0463. The molecule has 0 saturated carbocycles. The summed E-state index contributed by atoms with van der Waals surface area (Å²) >= 11 is 3.44. The van der Waals surface area contributed by atoms with Gasteiger partial charge in [0.05, 0.1) is 6.04 Å². The summed E-state index contributed by atoms with van der Waals surface area (Å²) in [6, 6.07) is 8.03. The summed E-state index contributed by atoms with van der Waals surface area (Å²) in [6.45, 7) is 7.55. The van der Waals surface area contributed by atoms with Crippen molar-refractivity contribution in [2.45, 2.75) is 45.8 Å². The fraction of sp³-hybridized carbons (Fsp3) is 0.500. The van der Waals surface area contributed by atoms with Gasteiger partial charge in [-0.25, -0.2) is 10.2 Å². The van der Waals surface area contributed by atoms with Crippen LogP contribution in [0.5, 0.6) is 0 Å². The molecule has 0 radical (unpaired) electrons. The summed E-state index contributed by atoms with van der Waals surface area (Å²) in [5, 5.41) is 0. The molecule has 0 aromatic heterocycles. The lowest BCUT2D eigenvalue weighted by atomic mass is 10.1. The Labute approximate surface area is 123 Å². The lowest BCUT2D eigenvalue weighted by molar-refractivity contribution is 0.0487. The Morgan fingerprint density at radius 3 is 2.63 bits per heavy atom. The third-order valence-electron chi connectivity index (χ3n) is 2.41. The summed E-state index contributed by atoms with van der Waals surface area (Å²) in [6.07, 6.45) is 0.382. The first-order valence-corrected chi connectivity index (χ1v) is 7.11. The van der Waals surface area contributed by atoms with E-state index in [-0.39, 0.29) is 6.04 Å². The van der Waals surface area contributed by atoms with Crippen LogP contribution in [0, 0.1) is 0 Å². The smallest absolute Gasteiger partial charge is 0.422 e. The van der Waals surface area contributed by atoms with Gasteiger partial charge in [0.1, 0.15) is 5.60 Å². The minimum atomic E-state index is -0.497. The monoisotopic (exact) mass is 328 g/mol. The first-order valence-electron chi connectivity index (χ1n) is 6.32. The molecule has 0 saturated heterocycles. The van der Waals surface area contributed by atoms with Crippen LogP contribution >= 0.6 is 15.9 Å². The number of ether oxygens (including phenoxy) is 1. The second-order valence-electron chi connectivity index (χ2n) is 5.29. The number of hydrogen-bond acceptors (Lipinski definition) is 3. The topological polar surface area (TPSA) is 50.4 Å². The van der Waals surface area contributed by atoms with Gasteiger partial charge in [-0.2, -0.15) is 0 Å². The predicted octanol–water partition coefficient (Wildman–Crippen LogP) is 3.93. The molecule has 0 heterocycles. The molecular weight excluding hydrogens is 308 g/mol. The maximum Gasteiger partial charge on any atom is 0.422 e. The fourth-order valence-corrected chi connectivity index (χ4v) is 2.01. The highest BCUT2D eigenvalue weighted by Crippen LogP contribution is 2.20. The van der Waals surface area contributed by atoms with Crippen molar-refractivity contribution < 1.29 is 9.53 Å². The third kappa shape index (κ3) is 6.07. The van der Waals surface area contributed by atoms with E-state index in [4.69, 9.17) is 4.74 Å². The molecule has 0 bridgehead atoms. The lowest BCUT2D eigenvalue weighted by Gasteiger charge is -2.22. The number of carbonyl (C=O) groups excluding carboxylic acids is 1. The summed E-state index contributed by atoms with van der Waals surface area (Å²) in [4.78, 5) is 11.6. The van der Waals surface area contributed by atoms with E-state index in [1.807, 2.05) is 45.0 Å². The van der Waals surface area contributed by atoms with Crippen LogP contribution in [0.3, 0.4) is 0 Å². The van der Waals surface area contributed by atoms with Gasteiger partial charge in [0, 0.05) is 4.47 Å². The Bertz CT molecular complexity index is 430. The zero-order chi connectivity index (χ0) is 14.5. The Hall–Kier alpha value is -1.07. The van der Waals surface area contributed by atoms with Gasteiger partial charge in [-0.15, -0.1) is 0 Å². The quantitative estimate of drug-likeness (QED) is 0.823. The van der Waals surface area contributed by atoms with Gasteiger partial charge in [0.15, 0.2) is 0 Å². The molecule has 1 aromatic carbocycles. The van der Waals surface area contributed by atoms with Gasteiger partial charge in [0.2, 0.25) is 0 Å². The van der Waals surface area contributed by atoms with Crippen molar-refractivity contribution in [3.8, 4) is 0 Å². The van der Waals surface area contributed by atoms with Crippen molar-refractivity contribution in [2.24, 2.45) is 0 Å². The molecule has 1 amide bonds. The van der Waals surface area contributed by atoms with E-state index in [2.05, 4.69) is 33.7 Å². The maximum absolute atomic E-state index is 11.6. The lowest BCUT2D eigenvalue weighted by Crippen LogP contribution is -2.42. The molecule has 0 aliphatic heterocycles. The van der Waals surface area contributed by atoms with E-state index < -0.39 is 11.7 Å². The van der Waals surface area contributed by atoms with Crippen LogP contribution in [0.4, 0.5) is 4.79 Å². The number of carbonyl (C=O) groups is 1. The van der Waals surface area contributed by atoms with E-state index in [0.29, 0.717) is 0 Å². The number of benzene rings is 1. The molecule has 0 aliphatic rings. The van der Waals surface area contributed by atoms with Gasteiger partial charge in [-0.05, 0) is 44.9 Å². The van der Waals surface area contributed by atoms with Crippen LogP contribution in [-0.2, 0) is 4.74 Å². The molecule has 0 aliphatic carbocycles. The molecule has 0 spiro atoms. The Morgan fingerprint density at radius 1 is 1.42 bits per heavy atom. The van der Waals surface area contributed by atoms with E-state index in [9.17, 15) is 4.79 Å². The Balaban J connectivity index is 2.56. The number of amides is 1. The Kier molecular flexibility index (Phi) is 5.82. The maximum atomic E-state index is 11.6. The first kappa shape index (κ1) is 16.0. The van der Waals surface area contributed by atoms with Crippen LogP contribution in [0.2, 0.25) is 0 Å². The second-order valence-corrected chi connectivity index (χ2v) is 6.20. The normalized spacial score (nSPS) is 12.9. The van der Waals surface area contributed by atoms with Gasteiger partial charge >= 0.3 is 6.09 Å². The first-order chi connectivity index (χ1) is 8.81. The number of halogens is 1. The summed E-state index contributed by atoms with van der Waals surface area (Å²) in [5.41, 5.74) is 6.18. The number of rotatable bonds is 4. The number of nitrogens with one attached hydrogen (secondary N) is 2. The third-order valence-corrected chi connectivity index (χ3v) is 2.90. The van der Waals surface area contributed by atoms with Crippen molar-refractivity contribution in [3.05, 3.63) is 34.3 Å². The molecule has 2 N–H and O–H groups in total. The average molecular weight is 329 g/mol. The summed E-state index contributed by atoms with van der Waals surface area (Å²) in [7, 11) is 0. The molecule has 106 valence electrons. The molecule has 5 heteroatoms. The van der Waals surface area contributed by atoms with E-state index in [1.165, 1.54) is 0 Å². The number of hydrogen-bond donors (Lipinski definition) is 2. The highest BCUT2D eigenvalue weighted by molar-refractivity contribution is 9.10. The summed E-state index contributed by atoms with van der Waals surface area (Å²) < 4.78 is 6.19. The van der Waals surface area contributed by atoms with Crippen LogP contribution < -0.4 is 10.9 Å². The standard InChI is InChI=1S/C14H21BrN2O2/c1-5-12(10-7-6-8-11(15)9-10)16-17-13(18)19-14(2,3)4/h6-9,12,16H,5H2,1-4H3,(H,17,18). The fourth-order valence-electron chi connectivity index (χ4n) is 1.59. The van der Waals surface area contributed by atoms with E-state index in [1.54, 1.807) is 0 Å². The van der Waals surface area contributed by atoms with Crippen LogP contribution in [-0.4, -0.2) is 11.7 Å². The van der Waals surface area contributed by atoms with Crippen LogP contribution in [0.1, 0.15) is 45.7 Å². The van der Waals surface area contributed by atoms with E-state index in [0.717, 1.165) is 16.5 Å². The molecule has 1 rings (SSSR count). The summed E-state index contributed by atoms with van der Waals surface area (Å²) in [5.74, 6) is 0. The van der Waals surface area contributed by atoms with Crippen molar-refractivity contribution in [3.63, 3.8) is 0 Å². The molecule has 1 unspecified atom stereocenters. The highest BCUT2D eigenvalue weighted by atomic mass is 79.9. The second kappa shape index (κ2) is 6.91.